The van der Waals surface area contributed by atoms with E-state index in [1.807, 2.05) is 37.4 Å². The van der Waals surface area contributed by atoms with Crippen LogP contribution in [-0.4, -0.2) is 33.3 Å². The Morgan fingerprint density at radius 1 is 1.29 bits per heavy atom. The number of benzene rings is 1. The molecule has 1 N–H and O–H groups in total. The Morgan fingerprint density at radius 3 is 2.50 bits per heavy atom. The van der Waals surface area contributed by atoms with Gasteiger partial charge in [0.15, 0.2) is 0 Å². The van der Waals surface area contributed by atoms with Crippen molar-refractivity contribution in [1.82, 2.24) is 5.43 Å². The van der Waals surface area contributed by atoms with Crippen molar-refractivity contribution in [2.24, 2.45) is 5.10 Å². The number of thiophene rings is 1. The van der Waals surface area contributed by atoms with E-state index in [0.717, 1.165) is 26.6 Å². The smallest absolute Gasteiger partial charge is 0.260 e. The second kappa shape index (κ2) is 7.59. The van der Waals surface area contributed by atoms with Gasteiger partial charge in [0.2, 0.25) is 10.0 Å². The van der Waals surface area contributed by atoms with Gasteiger partial charge >= 0.3 is 0 Å². The van der Waals surface area contributed by atoms with Gasteiger partial charge in [0.25, 0.3) is 5.91 Å². The van der Waals surface area contributed by atoms with Crippen molar-refractivity contribution in [3.05, 3.63) is 51.7 Å². The number of hydrogen-bond acceptors (Lipinski definition) is 5. The van der Waals surface area contributed by atoms with Gasteiger partial charge in [0.1, 0.15) is 6.54 Å². The molecule has 0 unspecified atom stereocenters. The lowest BCUT2D eigenvalue weighted by molar-refractivity contribution is -0.119. The van der Waals surface area contributed by atoms with Crippen molar-refractivity contribution in [3.8, 4) is 0 Å². The van der Waals surface area contributed by atoms with Gasteiger partial charge in [-0.25, -0.2) is 13.8 Å². The number of nitrogens with one attached hydrogen (secondary N) is 1. The summed E-state index contributed by atoms with van der Waals surface area (Å²) >= 11 is 1.49. The molecular weight excluding hydrogens is 346 g/mol. The van der Waals surface area contributed by atoms with E-state index in [0.29, 0.717) is 5.69 Å². The van der Waals surface area contributed by atoms with E-state index < -0.39 is 15.9 Å². The summed E-state index contributed by atoms with van der Waals surface area (Å²) in [5, 5.41) is 5.74. The minimum Gasteiger partial charge on any atom is -0.271 e. The first-order valence-electron chi connectivity index (χ1n) is 7.17. The van der Waals surface area contributed by atoms with Crippen molar-refractivity contribution < 1.29 is 13.2 Å². The molecule has 0 radical (unpaired) electrons. The van der Waals surface area contributed by atoms with Gasteiger partial charge in [-0.2, -0.15) is 5.10 Å². The van der Waals surface area contributed by atoms with E-state index in [1.165, 1.54) is 17.6 Å². The number of sulfonamides is 1. The molecule has 0 saturated heterocycles. The van der Waals surface area contributed by atoms with Gasteiger partial charge in [-0.15, -0.1) is 11.3 Å². The Bertz CT molecular complexity index is 823. The second-order valence-electron chi connectivity index (χ2n) is 5.42. The molecule has 24 heavy (non-hydrogen) atoms. The van der Waals surface area contributed by atoms with E-state index in [1.54, 1.807) is 12.1 Å². The van der Waals surface area contributed by atoms with Gasteiger partial charge in [0, 0.05) is 4.88 Å². The molecule has 1 aromatic heterocycles. The predicted molar refractivity (Wildman–Crippen MR) is 98.2 cm³/mol. The summed E-state index contributed by atoms with van der Waals surface area (Å²) in [5.41, 5.74) is 4.67. The molecule has 0 bridgehead atoms. The maximum absolute atomic E-state index is 12.1. The largest absolute Gasteiger partial charge is 0.271 e. The third-order valence-electron chi connectivity index (χ3n) is 3.11. The minimum atomic E-state index is -3.59. The highest BCUT2D eigenvalue weighted by molar-refractivity contribution is 7.92. The highest BCUT2D eigenvalue weighted by Gasteiger charge is 2.21. The van der Waals surface area contributed by atoms with Gasteiger partial charge in [-0.1, -0.05) is 12.1 Å². The van der Waals surface area contributed by atoms with Crippen LogP contribution in [0.5, 0.6) is 0 Å². The molecule has 0 aliphatic carbocycles. The minimum absolute atomic E-state index is 0.330. The first kappa shape index (κ1) is 18.2. The Morgan fingerprint density at radius 2 is 1.96 bits per heavy atom. The molecule has 6 nitrogen and oxygen atoms in total. The highest BCUT2D eigenvalue weighted by atomic mass is 32.2. The zero-order chi connectivity index (χ0) is 17.7. The van der Waals surface area contributed by atoms with Crippen LogP contribution < -0.4 is 9.73 Å². The third kappa shape index (κ3) is 5.17. The van der Waals surface area contributed by atoms with Crippen LogP contribution in [-0.2, 0) is 14.8 Å². The molecule has 0 aliphatic heterocycles. The molecule has 2 rings (SSSR count). The first-order valence-corrected chi connectivity index (χ1v) is 9.90. The van der Waals surface area contributed by atoms with Gasteiger partial charge in [-0.3, -0.25) is 9.10 Å². The number of anilines is 1. The summed E-state index contributed by atoms with van der Waals surface area (Å²) in [7, 11) is -3.59. The Kier molecular flexibility index (Phi) is 5.74. The van der Waals surface area contributed by atoms with Gasteiger partial charge < -0.3 is 0 Å². The molecule has 1 heterocycles. The summed E-state index contributed by atoms with van der Waals surface area (Å²) in [4.78, 5) is 12.9. The molecule has 8 heteroatoms. The van der Waals surface area contributed by atoms with Crippen LogP contribution in [0.25, 0.3) is 0 Å². The SMILES string of the molecule is Cc1cc(C)cc(N(CC(=O)N/N=C\c2cccs2)S(C)(=O)=O)c1. The quantitative estimate of drug-likeness (QED) is 0.630. The Balaban J connectivity index is 2.13. The molecule has 128 valence electrons. The van der Waals surface area contributed by atoms with Crippen molar-refractivity contribution in [3.63, 3.8) is 0 Å². The van der Waals surface area contributed by atoms with Crippen LogP contribution in [0.2, 0.25) is 0 Å². The number of amides is 1. The molecule has 0 spiro atoms. The van der Waals surface area contributed by atoms with E-state index in [9.17, 15) is 13.2 Å². The zero-order valence-electron chi connectivity index (χ0n) is 13.7. The maximum Gasteiger partial charge on any atom is 0.260 e. The lowest BCUT2D eigenvalue weighted by atomic mass is 10.1. The molecule has 0 atom stereocenters. The summed E-state index contributed by atoms with van der Waals surface area (Å²) in [6.07, 6.45) is 2.59. The number of hydrazone groups is 1. The fraction of sp³-hybridized carbons (Fsp3) is 0.250. The summed E-state index contributed by atoms with van der Waals surface area (Å²) in [6.45, 7) is 3.42. The van der Waals surface area contributed by atoms with Crippen molar-refractivity contribution >= 4 is 39.2 Å². The van der Waals surface area contributed by atoms with Crippen molar-refractivity contribution in [2.45, 2.75) is 13.8 Å². The fourth-order valence-electron chi connectivity index (χ4n) is 2.19. The third-order valence-corrected chi connectivity index (χ3v) is 5.05. The standard InChI is InChI=1S/C16H19N3O3S2/c1-12-7-13(2)9-14(8-12)19(24(3,21)22)11-16(20)18-17-10-15-5-4-6-23-15/h4-10H,11H2,1-3H3,(H,18,20)/b17-10-. The lowest BCUT2D eigenvalue weighted by Crippen LogP contribution is -2.39. The fourth-order valence-corrected chi connectivity index (χ4v) is 3.62. The second-order valence-corrected chi connectivity index (χ2v) is 8.31. The van der Waals surface area contributed by atoms with Crippen molar-refractivity contribution in [2.75, 3.05) is 17.1 Å². The van der Waals surface area contributed by atoms with E-state index in [4.69, 9.17) is 0 Å². The van der Waals surface area contributed by atoms with Crippen LogP contribution in [0.4, 0.5) is 5.69 Å². The number of carbonyl (C=O) groups is 1. The van der Waals surface area contributed by atoms with E-state index in [-0.39, 0.29) is 6.54 Å². The molecule has 0 aliphatic rings. The monoisotopic (exact) mass is 365 g/mol. The predicted octanol–water partition coefficient (Wildman–Crippen LogP) is 2.28. The Labute approximate surface area is 145 Å². The first-order chi connectivity index (χ1) is 11.3. The summed E-state index contributed by atoms with van der Waals surface area (Å²) < 4.78 is 25.2. The number of rotatable bonds is 6. The topological polar surface area (TPSA) is 78.8 Å². The van der Waals surface area contributed by atoms with Gasteiger partial charge in [-0.05, 0) is 48.6 Å². The zero-order valence-corrected chi connectivity index (χ0v) is 15.3. The highest BCUT2D eigenvalue weighted by Crippen LogP contribution is 2.21. The van der Waals surface area contributed by atoms with E-state index in [2.05, 4.69) is 10.5 Å². The average Bonchev–Trinajstić information content (AvgIpc) is 2.95. The number of carbonyl (C=O) groups excluding carboxylic acids is 1. The lowest BCUT2D eigenvalue weighted by Gasteiger charge is -2.22. The Hall–Kier alpha value is -2.19. The van der Waals surface area contributed by atoms with Crippen LogP contribution in [0, 0.1) is 13.8 Å². The number of aryl methyl sites for hydroxylation is 2. The number of nitrogens with zero attached hydrogens (tertiary/aromatic N) is 2. The normalized spacial score (nSPS) is 11.6. The molecule has 2 aromatic rings. The van der Waals surface area contributed by atoms with Crippen LogP contribution >= 0.6 is 11.3 Å². The molecule has 0 saturated carbocycles. The summed E-state index contributed by atoms with van der Waals surface area (Å²) in [5.74, 6) is -0.507. The molecule has 1 amide bonds. The van der Waals surface area contributed by atoms with Crippen LogP contribution in [0.1, 0.15) is 16.0 Å². The molecule has 0 fully saturated rings. The van der Waals surface area contributed by atoms with E-state index >= 15 is 0 Å². The van der Waals surface area contributed by atoms with Gasteiger partial charge in [0.05, 0.1) is 18.2 Å². The average molecular weight is 365 g/mol. The number of hydrogen-bond donors (Lipinski definition) is 1. The maximum atomic E-state index is 12.1. The molecule has 1 aromatic carbocycles. The molecular formula is C16H19N3O3S2. The van der Waals surface area contributed by atoms with Crippen LogP contribution in [0.15, 0.2) is 40.8 Å². The summed E-state index contributed by atoms with van der Waals surface area (Å²) in [6, 6.07) is 9.14. The van der Waals surface area contributed by atoms with Crippen molar-refractivity contribution in [1.29, 1.82) is 0 Å². The van der Waals surface area contributed by atoms with Crippen LogP contribution in [0.3, 0.4) is 0 Å².